The minimum absolute atomic E-state index is 0.115. The Morgan fingerprint density at radius 2 is 1.54 bits per heavy atom. The van der Waals surface area contributed by atoms with E-state index in [1.807, 2.05) is 13.8 Å². The van der Waals surface area contributed by atoms with Gasteiger partial charge in [0, 0.05) is 11.3 Å². The Hall–Kier alpha value is -2.37. The van der Waals surface area contributed by atoms with Gasteiger partial charge >= 0.3 is 6.36 Å². The van der Waals surface area contributed by atoms with Crippen molar-refractivity contribution in [2.24, 2.45) is 0 Å². The van der Waals surface area contributed by atoms with Crippen molar-refractivity contribution in [3.63, 3.8) is 0 Å². The molecule has 0 saturated carbocycles. The van der Waals surface area contributed by atoms with Crippen molar-refractivity contribution in [2.75, 3.05) is 5.73 Å². The Balaban J connectivity index is 2.24. The van der Waals surface area contributed by atoms with Gasteiger partial charge in [-0.05, 0) is 48.7 Å². The van der Waals surface area contributed by atoms with E-state index < -0.39 is 6.36 Å². The largest absolute Gasteiger partial charge is 0.573 e. The van der Waals surface area contributed by atoms with E-state index in [2.05, 4.69) is 4.74 Å². The summed E-state index contributed by atoms with van der Waals surface area (Å²) in [6.45, 7) is 4.09. The van der Waals surface area contributed by atoms with Crippen LogP contribution in [-0.4, -0.2) is 12.5 Å². The monoisotopic (exact) mass is 339 g/mol. The maximum Gasteiger partial charge on any atom is 0.573 e. The van der Waals surface area contributed by atoms with E-state index in [4.69, 9.17) is 10.5 Å². The van der Waals surface area contributed by atoms with Crippen LogP contribution in [0.25, 0.3) is 11.1 Å². The summed E-state index contributed by atoms with van der Waals surface area (Å²) in [6, 6.07) is 10.9. The molecule has 130 valence electrons. The maximum absolute atomic E-state index is 12.2. The van der Waals surface area contributed by atoms with Crippen LogP contribution in [0.3, 0.4) is 0 Å². The third-order valence-electron chi connectivity index (χ3n) is 3.64. The fraction of sp³-hybridized carbons (Fsp3) is 0.333. The van der Waals surface area contributed by atoms with Crippen LogP contribution in [0.1, 0.15) is 26.7 Å². The summed E-state index contributed by atoms with van der Waals surface area (Å²) in [5.41, 5.74) is 7.91. The maximum atomic E-state index is 12.2. The summed E-state index contributed by atoms with van der Waals surface area (Å²) in [6.07, 6.45) is -2.81. The van der Waals surface area contributed by atoms with Crippen LogP contribution in [0.15, 0.2) is 42.5 Å². The zero-order chi connectivity index (χ0) is 17.7. The zero-order valence-corrected chi connectivity index (χ0v) is 13.6. The molecule has 0 atom stereocenters. The molecule has 2 rings (SSSR count). The molecule has 0 spiro atoms. The van der Waals surface area contributed by atoms with Gasteiger partial charge in [0.15, 0.2) is 0 Å². The molecular weight excluding hydrogens is 319 g/mol. The van der Waals surface area contributed by atoms with Crippen LogP contribution in [0.2, 0.25) is 0 Å². The first-order valence-corrected chi connectivity index (χ1v) is 7.74. The molecule has 0 aromatic heterocycles. The fourth-order valence-corrected chi connectivity index (χ4v) is 2.34. The second-order valence-corrected chi connectivity index (χ2v) is 5.38. The Bertz CT molecular complexity index is 665. The molecular formula is C18H20F3NO2. The van der Waals surface area contributed by atoms with E-state index >= 15 is 0 Å². The number of halogens is 3. The van der Waals surface area contributed by atoms with Gasteiger partial charge in [-0.25, -0.2) is 0 Å². The number of nitrogens with two attached hydrogens (primary N) is 1. The number of nitrogen functional groups attached to an aromatic ring is 1. The second-order valence-electron chi connectivity index (χ2n) is 5.38. The Labute approximate surface area is 139 Å². The molecule has 2 aromatic rings. The van der Waals surface area contributed by atoms with Crippen LogP contribution >= 0.6 is 0 Å². The van der Waals surface area contributed by atoms with Gasteiger partial charge in [0.1, 0.15) is 11.5 Å². The molecule has 2 aromatic carbocycles. The number of alkyl halides is 3. The first-order chi connectivity index (χ1) is 11.3. The number of hydrogen-bond acceptors (Lipinski definition) is 3. The van der Waals surface area contributed by atoms with Crippen LogP contribution in [0.4, 0.5) is 18.9 Å². The summed E-state index contributed by atoms with van der Waals surface area (Å²) in [5.74, 6) is 0.415. The van der Waals surface area contributed by atoms with Gasteiger partial charge in [-0.15, -0.1) is 13.2 Å². The molecule has 6 heteroatoms. The van der Waals surface area contributed by atoms with Crippen LogP contribution < -0.4 is 15.2 Å². The van der Waals surface area contributed by atoms with Crippen LogP contribution in [-0.2, 0) is 0 Å². The lowest BCUT2D eigenvalue weighted by atomic mass is 10.0. The van der Waals surface area contributed by atoms with Gasteiger partial charge in [-0.1, -0.05) is 26.0 Å². The first kappa shape index (κ1) is 18.0. The van der Waals surface area contributed by atoms with E-state index in [0.717, 1.165) is 12.8 Å². The highest BCUT2D eigenvalue weighted by Crippen LogP contribution is 2.32. The van der Waals surface area contributed by atoms with Crippen molar-refractivity contribution >= 4 is 5.69 Å². The van der Waals surface area contributed by atoms with E-state index in [1.54, 1.807) is 18.2 Å². The Morgan fingerprint density at radius 1 is 0.958 bits per heavy atom. The SMILES string of the molecule is CCC(CC)Oc1ccc(N)c(-c2ccc(OC(F)(F)F)cc2)c1. The van der Waals surface area contributed by atoms with E-state index in [1.165, 1.54) is 24.3 Å². The third kappa shape index (κ3) is 4.81. The Morgan fingerprint density at radius 3 is 2.08 bits per heavy atom. The normalized spacial score (nSPS) is 11.6. The minimum Gasteiger partial charge on any atom is -0.490 e. The summed E-state index contributed by atoms with van der Waals surface area (Å²) in [7, 11) is 0. The van der Waals surface area contributed by atoms with E-state index in [0.29, 0.717) is 22.6 Å². The van der Waals surface area contributed by atoms with Crippen molar-refractivity contribution in [3.05, 3.63) is 42.5 Å². The topological polar surface area (TPSA) is 44.5 Å². The number of benzene rings is 2. The third-order valence-corrected chi connectivity index (χ3v) is 3.64. The van der Waals surface area contributed by atoms with Gasteiger partial charge in [0.25, 0.3) is 0 Å². The van der Waals surface area contributed by atoms with Gasteiger partial charge in [0.05, 0.1) is 6.10 Å². The number of anilines is 1. The van der Waals surface area contributed by atoms with Gasteiger partial charge in [0.2, 0.25) is 0 Å². The van der Waals surface area contributed by atoms with Crippen molar-refractivity contribution in [3.8, 4) is 22.6 Å². The summed E-state index contributed by atoms with van der Waals surface area (Å²) < 4.78 is 46.4. The minimum atomic E-state index is -4.70. The summed E-state index contributed by atoms with van der Waals surface area (Å²) in [5, 5.41) is 0. The highest BCUT2D eigenvalue weighted by atomic mass is 19.4. The Kier molecular flexibility index (Phi) is 5.59. The molecule has 0 aliphatic rings. The molecule has 0 aliphatic heterocycles. The van der Waals surface area contributed by atoms with Gasteiger partial charge in [-0.2, -0.15) is 0 Å². The molecule has 0 bridgehead atoms. The lowest BCUT2D eigenvalue weighted by molar-refractivity contribution is -0.274. The van der Waals surface area contributed by atoms with Crippen LogP contribution in [0, 0.1) is 0 Å². The average Bonchev–Trinajstić information content (AvgIpc) is 2.53. The van der Waals surface area contributed by atoms with E-state index in [-0.39, 0.29) is 11.9 Å². The van der Waals surface area contributed by atoms with E-state index in [9.17, 15) is 13.2 Å². The fourth-order valence-electron chi connectivity index (χ4n) is 2.34. The second kappa shape index (κ2) is 7.47. The van der Waals surface area contributed by atoms with Gasteiger partial charge < -0.3 is 15.2 Å². The highest BCUT2D eigenvalue weighted by molar-refractivity contribution is 5.77. The lowest BCUT2D eigenvalue weighted by Gasteiger charge is -2.17. The molecule has 3 nitrogen and oxygen atoms in total. The molecule has 0 amide bonds. The molecule has 0 heterocycles. The first-order valence-electron chi connectivity index (χ1n) is 7.74. The standard InChI is InChI=1S/C18H20F3NO2/c1-3-13(4-2)23-15-9-10-17(22)16(11-15)12-5-7-14(8-6-12)24-18(19,20)21/h5-11,13H,3-4,22H2,1-2H3. The number of hydrogen-bond donors (Lipinski definition) is 1. The zero-order valence-electron chi connectivity index (χ0n) is 13.6. The van der Waals surface area contributed by atoms with Crippen LogP contribution in [0.5, 0.6) is 11.5 Å². The number of ether oxygens (including phenoxy) is 2. The number of rotatable bonds is 6. The summed E-state index contributed by atoms with van der Waals surface area (Å²) >= 11 is 0. The molecule has 0 aliphatic carbocycles. The average molecular weight is 339 g/mol. The summed E-state index contributed by atoms with van der Waals surface area (Å²) in [4.78, 5) is 0. The highest BCUT2D eigenvalue weighted by Gasteiger charge is 2.30. The predicted molar refractivity (Wildman–Crippen MR) is 88.0 cm³/mol. The van der Waals surface area contributed by atoms with Crippen molar-refractivity contribution in [1.82, 2.24) is 0 Å². The quantitative estimate of drug-likeness (QED) is 0.717. The molecule has 2 N–H and O–H groups in total. The van der Waals surface area contributed by atoms with Crippen molar-refractivity contribution in [2.45, 2.75) is 39.2 Å². The molecule has 24 heavy (non-hydrogen) atoms. The van der Waals surface area contributed by atoms with Crippen molar-refractivity contribution in [1.29, 1.82) is 0 Å². The van der Waals surface area contributed by atoms with Gasteiger partial charge in [-0.3, -0.25) is 0 Å². The molecule has 0 unspecified atom stereocenters. The molecule has 0 fully saturated rings. The molecule has 0 saturated heterocycles. The molecule has 0 radical (unpaired) electrons. The smallest absolute Gasteiger partial charge is 0.490 e. The van der Waals surface area contributed by atoms with Crippen molar-refractivity contribution < 1.29 is 22.6 Å². The predicted octanol–water partition coefficient (Wildman–Crippen LogP) is 5.40. The lowest BCUT2D eigenvalue weighted by Crippen LogP contribution is -2.16.